The molecule has 6 nitrogen and oxygen atoms in total. The lowest BCUT2D eigenvalue weighted by Gasteiger charge is -2.34. The van der Waals surface area contributed by atoms with Crippen LogP contribution in [0.15, 0.2) is 36.4 Å². The number of hydrogen-bond donors (Lipinski definition) is 0. The summed E-state index contributed by atoms with van der Waals surface area (Å²) in [6.07, 6.45) is 0.348. The minimum Gasteiger partial charge on any atom is -0.332 e. The Hall–Kier alpha value is -2.63. The highest BCUT2D eigenvalue weighted by Crippen LogP contribution is 2.19. The number of aromatic nitrogens is 2. The maximum absolute atomic E-state index is 12.6. The highest BCUT2D eigenvalue weighted by atomic mass is 16.2. The molecule has 6 heteroatoms. The topological polar surface area (TPSA) is 58.4 Å². The molecule has 1 aliphatic rings. The molecule has 0 saturated carbocycles. The lowest BCUT2D eigenvalue weighted by atomic mass is 10.2. The van der Waals surface area contributed by atoms with E-state index in [-0.39, 0.29) is 24.4 Å². The van der Waals surface area contributed by atoms with E-state index in [0.717, 1.165) is 17.1 Å². The minimum atomic E-state index is -0.0374. The van der Waals surface area contributed by atoms with Crippen molar-refractivity contribution < 1.29 is 9.59 Å². The van der Waals surface area contributed by atoms with Gasteiger partial charge in [-0.25, -0.2) is 0 Å². The van der Waals surface area contributed by atoms with Gasteiger partial charge in [-0.2, -0.15) is 5.10 Å². The van der Waals surface area contributed by atoms with Crippen LogP contribution in [0.2, 0.25) is 0 Å². The summed E-state index contributed by atoms with van der Waals surface area (Å²) in [5.41, 5.74) is 2.88. The molecule has 1 fully saturated rings. The Kier molecular flexibility index (Phi) is 4.88. The van der Waals surface area contributed by atoms with E-state index in [1.165, 1.54) is 0 Å². The van der Waals surface area contributed by atoms with Gasteiger partial charge >= 0.3 is 0 Å². The highest BCUT2D eigenvalue weighted by molar-refractivity contribution is 5.97. The molecule has 0 spiro atoms. The average molecular weight is 340 g/mol. The summed E-state index contributed by atoms with van der Waals surface area (Å²) in [6, 6.07) is 11.6. The van der Waals surface area contributed by atoms with Gasteiger partial charge in [-0.1, -0.05) is 18.2 Å². The van der Waals surface area contributed by atoms with Gasteiger partial charge < -0.3 is 9.80 Å². The number of nitrogens with zero attached hydrogens (tertiary/aromatic N) is 4. The molecule has 1 aromatic heterocycles. The largest absolute Gasteiger partial charge is 0.332 e. The molecular weight excluding hydrogens is 316 g/mol. The summed E-state index contributed by atoms with van der Waals surface area (Å²) in [7, 11) is 0. The molecule has 1 aromatic carbocycles. The number of aryl methyl sites for hydroxylation is 2. The normalized spacial score (nSPS) is 16.2. The van der Waals surface area contributed by atoms with Crippen LogP contribution in [-0.4, -0.2) is 46.1 Å². The third kappa shape index (κ3) is 3.73. The van der Waals surface area contributed by atoms with Crippen molar-refractivity contribution in [3.8, 4) is 0 Å². The molecular formula is C19H24N4O2. The minimum absolute atomic E-state index is 0.00103. The van der Waals surface area contributed by atoms with Crippen molar-refractivity contribution in [1.29, 1.82) is 0 Å². The Bertz CT molecular complexity index is 769. The molecule has 1 aliphatic heterocycles. The van der Waals surface area contributed by atoms with Gasteiger partial charge in [0, 0.05) is 30.9 Å². The number of amides is 2. The number of carbonyl (C=O) groups is 2. The summed E-state index contributed by atoms with van der Waals surface area (Å²) < 4.78 is 1.88. The molecule has 2 heterocycles. The van der Waals surface area contributed by atoms with Gasteiger partial charge in [-0.3, -0.25) is 14.3 Å². The molecule has 2 aromatic rings. The quantitative estimate of drug-likeness (QED) is 0.858. The van der Waals surface area contributed by atoms with Crippen molar-refractivity contribution in [3.63, 3.8) is 0 Å². The van der Waals surface area contributed by atoms with Crippen molar-refractivity contribution in [1.82, 2.24) is 14.7 Å². The molecule has 0 bridgehead atoms. The van der Waals surface area contributed by atoms with E-state index in [4.69, 9.17) is 0 Å². The van der Waals surface area contributed by atoms with Crippen LogP contribution in [0.5, 0.6) is 0 Å². The number of hydrogen-bond acceptors (Lipinski definition) is 3. The molecule has 0 aliphatic carbocycles. The summed E-state index contributed by atoms with van der Waals surface area (Å²) in [6.45, 7) is 7.14. The number of benzene rings is 1. The fourth-order valence-corrected chi connectivity index (χ4v) is 3.33. The fraction of sp³-hybridized carbons (Fsp3) is 0.421. The lowest BCUT2D eigenvalue weighted by molar-refractivity contribution is -0.137. The Balaban J connectivity index is 1.61. The zero-order valence-corrected chi connectivity index (χ0v) is 15.0. The van der Waals surface area contributed by atoms with Crippen molar-refractivity contribution in [2.45, 2.75) is 33.2 Å². The third-order valence-corrected chi connectivity index (χ3v) is 4.57. The fourth-order valence-electron chi connectivity index (χ4n) is 3.33. The van der Waals surface area contributed by atoms with E-state index in [1.807, 2.05) is 61.9 Å². The molecule has 0 N–H and O–H groups in total. The lowest BCUT2D eigenvalue weighted by Crippen LogP contribution is -2.52. The highest BCUT2D eigenvalue weighted by Gasteiger charge is 2.28. The van der Waals surface area contributed by atoms with Gasteiger partial charge in [-0.15, -0.1) is 0 Å². The number of carbonyl (C=O) groups excluding carboxylic acids is 2. The van der Waals surface area contributed by atoms with E-state index in [2.05, 4.69) is 5.10 Å². The number of rotatable bonds is 4. The maximum Gasteiger partial charge on any atom is 0.246 e. The molecule has 132 valence electrons. The molecule has 3 rings (SSSR count). The predicted molar refractivity (Wildman–Crippen MR) is 96.4 cm³/mol. The first-order chi connectivity index (χ1) is 12.0. The van der Waals surface area contributed by atoms with Crippen molar-refractivity contribution in [2.24, 2.45) is 0 Å². The van der Waals surface area contributed by atoms with Crippen LogP contribution in [0, 0.1) is 13.8 Å². The number of para-hydroxylation sites is 1. The SMILES string of the molecule is Cc1cc(C)n(C(C)CC(=O)N2CCN(c3ccccc3)C(=O)C2)n1. The second kappa shape index (κ2) is 7.09. The summed E-state index contributed by atoms with van der Waals surface area (Å²) in [5, 5.41) is 4.45. The van der Waals surface area contributed by atoms with E-state index in [1.54, 1.807) is 9.80 Å². The van der Waals surface area contributed by atoms with E-state index < -0.39 is 0 Å². The van der Waals surface area contributed by atoms with Crippen molar-refractivity contribution in [3.05, 3.63) is 47.8 Å². The van der Waals surface area contributed by atoms with Gasteiger partial charge in [-0.05, 0) is 39.0 Å². The van der Waals surface area contributed by atoms with Gasteiger partial charge in [0.05, 0.1) is 11.7 Å². The van der Waals surface area contributed by atoms with E-state index >= 15 is 0 Å². The van der Waals surface area contributed by atoms with Crippen molar-refractivity contribution >= 4 is 17.5 Å². The number of piperazine rings is 1. The Morgan fingerprint density at radius 3 is 2.52 bits per heavy atom. The van der Waals surface area contributed by atoms with Crippen LogP contribution in [-0.2, 0) is 9.59 Å². The van der Waals surface area contributed by atoms with Crippen LogP contribution in [0.4, 0.5) is 5.69 Å². The van der Waals surface area contributed by atoms with Gasteiger partial charge in [0.25, 0.3) is 0 Å². The van der Waals surface area contributed by atoms with Crippen LogP contribution >= 0.6 is 0 Å². The Morgan fingerprint density at radius 2 is 1.92 bits per heavy atom. The molecule has 1 atom stereocenters. The standard InChI is InChI=1S/C19H24N4O2/c1-14-11-15(2)23(20-14)16(3)12-18(24)21-9-10-22(19(25)13-21)17-7-5-4-6-8-17/h4-8,11,16H,9-10,12-13H2,1-3H3. The van der Waals surface area contributed by atoms with Crippen LogP contribution in [0.1, 0.15) is 30.8 Å². The van der Waals surface area contributed by atoms with Crippen molar-refractivity contribution in [2.75, 3.05) is 24.5 Å². The maximum atomic E-state index is 12.6. The van der Waals surface area contributed by atoms with E-state index in [9.17, 15) is 9.59 Å². The smallest absolute Gasteiger partial charge is 0.246 e. The van der Waals surface area contributed by atoms with E-state index in [0.29, 0.717) is 19.5 Å². The molecule has 2 amide bonds. The second-order valence-corrected chi connectivity index (χ2v) is 6.62. The summed E-state index contributed by atoms with van der Waals surface area (Å²) >= 11 is 0. The number of anilines is 1. The van der Waals surface area contributed by atoms with Crippen LogP contribution < -0.4 is 4.90 Å². The zero-order chi connectivity index (χ0) is 18.0. The van der Waals surface area contributed by atoms with Gasteiger partial charge in [0.1, 0.15) is 6.54 Å². The van der Waals surface area contributed by atoms with Gasteiger partial charge in [0.2, 0.25) is 11.8 Å². The molecule has 1 saturated heterocycles. The first-order valence-electron chi connectivity index (χ1n) is 8.61. The predicted octanol–water partition coefficient (Wildman–Crippen LogP) is 2.33. The first-order valence-corrected chi connectivity index (χ1v) is 8.61. The first kappa shape index (κ1) is 17.2. The molecule has 25 heavy (non-hydrogen) atoms. The average Bonchev–Trinajstić information content (AvgIpc) is 2.94. The summed E-state index contributed by atoms with van der Waals surface area (Å²) in [4.78, 5) is 28.4. The Morgan fingerprint density at radius 1 is 1.20 bits per heavy atom. The monoisotopic (exact) mass is 340 g/mol. The zero-order valence-electron chi connectivity index (χ0n) is 15.0. The second-order valence-electron chi connectivity index (χ2n) is 6.62. The summed E-state index contributed by atoms with van der Waals surface area (Å²) in [5.74, 6) is -0.0364. The van der Waals surface area contributed by atoms with Gasteiger partial charge in [0.15, 0.2) is 0 Å². The third-order valence-electron chi connectivity index (χ3n) is 4.57. The van der Waals surface area contributed by atoms with Crippen LogP contribution in [0.25, 0.3) is 0 Å². The van der Waals surface area contributed by atoms with Crippen LogP contribution in [0.3, 0.4) is 0 Å². The Labute approximate surface area is 148 Å². The molecule has 0 radical (unpaired) electrons. The molecule has 1 unspecified atom stereocenters.